The fourth-order valence-electron chi connectivity index (χ4n) is 2.70. The molecule has 0 radical (unpaired) electrons. The molecular formula is C14H19F2IN2. The second-order valence-electron chi connectivity index (χ2n) is 5.14. The van der Waals surface area contributed by atoms with Gasteiger partial charge in [0.2, 0.25) is 0 Å². The molecule has 1 aromatic carbocycles. The van der Waals surface area contributed by atoms with Gasteiger partial charge >= 0.3 is 0 Å². The van der Waals surface area contributed by atoms with Crippen molar-refractivity contribution in [2.45, 2.75) is 25.8 Å². The lowest BCUT2D eigenvalue weighted by Crippen LogP contribution is -2.36. The van der Waals surface area contributed by atoms with E-state index in [0.717, 1.165) is 25.9 Å². The van der Waals surface area contributed by atoms with E-state index >= 15 is 0 Å². The van der Waals surface area contributed by atoms with Crippen molar-refractivity contribution in [1.29, 1.82) is 0 Å². The van der Waals surface area contributed by atoms with Gasteiger partial charge in [-0.25, -0.2) is 8.78 Å². The van der Waals surface area contributed by atoms with Gasteiger partial charge in [0.1, 0.15) is 11.6 Å². The third-order valence-corrected chi connectivity index (χ3v) is 4.53. The van der Waals surface area contributed by atoms with Crippen LogP contribution in [0.5, 0.6) is 0 Å². The molecule has 0 saturated carbocycles. The second kappa shape index (κ2) is 6.95. The normalized spacial score (nSPS) is 20.7. The minimum atomic E-state index is -0.445. The maximum absolute atomic E-state index is 14.0. The Kier molecular flexibility index (Phi) is 5.53. The number of nitrogens with zero attached hydrogens (tertiary/aromatic N) is 1. The van der Waals surface area contributed by atoms with Gasteiger partial charge in [0.05, 0.1) is 0 Å². The van der Waals surface area contributed by atoms with E-state index < -0.39 is 11.6 Å². The predicted octanol–water partition coefficient (Wildman–Crippen LogP) is 3.13. The highest BCUT2D eigenvalue weighted by Crippen LogP contribution is 2.24. The Bertz CT molecular complexity index is 438. The topological polar surface area (TPSA) is 29.3 Å². The summed E-state index contributed by atoms with van der Waals surface area (Å²) in [4.78, 5) is 2.14. The Morgan fingerprint density at radius 2 is 2.16 bits per heavy atom. The summed E-state index contributed by atoms with van der Waals surface area (Å²) in [5.74, 6) is -0.298. The molecule has 2 rings (SSSR count). The minimum Gasteiger partial charge on any atom is -0.330 e. The smallest absolute Gasteiger partial charge is 0.143 e. The van der Waals surface area contributed by atoms with Crippen LogP contribution in [0.1, 0.15) is 24.8 Å². The molecule has 1 saturated heterocycles. The molecule has 0 aromatic heterocycles. The monoisotopic (exact) mass is 380 g/mol. The fourth-order valence-corrected chi connectivity index (χ4v) is 3.21. The van der Waals surface area contributed by atoms with Crippen molar-refractivity contribution in [3.63, 3.8) is 0 Å². The SMILES string of the molecule is NCCC1CCCN(Cc2c(F)ccc(I)c2F)C1. The van der Waals surface area contributed by atoms with Crippen LogP contribution >= 0.6 is 22.6 Å². The first kappa shape index (κ1) is 15.1. The molecule has 5 heteroatoms. The summed E-state index contributed by atoms with van der Waals surface area (Å²) < 4.78 is 28.2. The number of piperidine rings is 1. The second-order valence-corrected chi connectivity index (χ2v) is 6.30. The van der Waals surface area contributed by atoms with E-state index in [4.69, 9.17) is 5.73 Å². The quantitative estimate of drug-likeness (QED) is 0.643. The summed E-state index contributed by atoms with van der Waals surface area (Å²) in [6.07, 6.45) is 3.25. The first-order chi connectivity index (χ1) is 9.11. The average molecular weight is 380 g/mol. The van der Waals surface area contributed by atoms with Gasteiger partial charge in [-0.1, -0.05) is 0 Å². The third-order valence-electron chi connectivity index (χ3n) is 3.70. The van der Waals surface area contributed by atoms with E-state index in [2.05, 4.69) is 4.90 Å². The van der Waals surface area contributed by atoms with E-state index in [9.17, 15) is 8.78 Å². The molecule has 0 amide bonds. The van der Waals surface area contributed by atoms with Crippen molar-refractivity contribution in [2.24, 2.45) is 11.7 Å². The number of halogens is 3. The van der Waals surface area contributed by atoms with Gasteiger partial charge in [0.15, 0.2) is 0 Å². The van der Waals surface area contributed by atoms with Crippen LogP contribution < -0.4 is 5.73 Å². The number of hydrogen-bond acceptors (Lipinski definition) is 2. The molecule has 1 fully saturated rings. The molecule has 2 nitrogen and oxygen atoms in total. The van der Waals surface area contributed by atoms with Gasteiger partial charge in [-0.3, -0.25) is 4.90 Å². The third kappa shape index (κ3) is 3.86. The fraction of sp³-hybridized carbons (Fsp3) is 0.571. The first-order valence-corrected chi connectivity index (χ1v) is 7.74. The highest BCUT2D eigenvalue weighted by molar-refractivity contribution is 14.1. The van der Waals surface area contributed by atoms with Crippen molar-refractivity contribution < 1.29 is 8.78 Å². The van der Waals surface area contributed by atoms with Crippen molar-refractivity contribution in [2.75, 3.05) is 19.6 Å². The van der Waals surface area contributed by atoms with E-state index in [0.29, 0.717) is 22.6 Å². The molecule has 2 N–H and O–H groups in total. The molecule has 106 valence electrons. The zero-order valence-corrected chi connectivity index (χ0v) is 13.0. The molecule has 0 spiro atoms. The Labute approximate surface area is 126 Å². The van der Waals surface area contributed by atoms with Gasteiger partial charge in [-0.05, 0) is 73.0 Å². The number of likely N-dealkylation sites (tertiary alicyclic amines) is 1. The highest BCUT2D eigenvalue weighted by Gasteiger charge is 2.22. The zero-order chi connectivity index (χ0) is 13.8. The van der Waals surface area contributed by atoms with Gasteiger partial charge in [0.25, 0.3) is 0 Å². The molecule has 1 aliphatic rings. The van der Waals surface area contributed by atoms with Gasteiger partial charge in [0, 0.05) is 22.2 Å². The lowest BCUT2D eigenvalue weighted by molar-refractivity contribution is 0.159. The van der Waals surface area contributed by atoms with Crippen molar-refractivity contribution in [3.8, 4) is 0 Å². The molecule has 1 aromatic rings. The summed E-state index contributed by atoms with van der Waals surface area (Å²) in [6.45, 7) is 2.84. The van der Waals surface area contributed by atoms with E-state index in [1.54, 1.807) is 0 Å². The molecule has 19 heavy (non-hydrogen) atoms. The van der Waals surface area contributed by atoms with Crippen LogP contribution in [0.25, 0.3) is 0 Å². The number of hydrogen-bond donors (Lipinski definition) is 1. The first-order valence-electron chi connectivity index (χ1n) is 6.66. The lowest BCUT2D eigenvalue weighted by Gasteiger charge is -2.32. The standard InChI is InChI=1S/C14H19F2IN2/c15-12-3-4-13(17)14(16)11(12)9-19-7-1-2-10(8-19)5-6-18/h3-4,10H,1-2,5-9,18H2. The maximum atomic E-state index is 14.0. The molecule has 1 heterocycles. The largest absolute Gasteiger partial charge is 0.330 e. The van der Waals surface area contributed by atoms with Gasteiger partial charge < -0.3 is 5.73 Å². The number of benzene rings is 1. The summed E-state index contributed by atoms with van der Waals surface area (Å²) in [7, 11) is 0. The van der Waals surface area contributed by atoms with Crippen LogP contribution in [0.3, 0.4) is 0 Å². The lowest BCUT2D eigenvalue weighted by atomic mass is 9.94. The van der Waals surface area contributed by atoms with Crippen LogP contribution in [-0.4, -0.2) is 24.5 Å². The average Bonchev–Trinajstić information content (AvgIpc) is 2.40. The van der Waals surface area contributed by atoms with E-state index in [-0.39, 0.29) is 5.56 Å². The van der Waals surface area contributed by atoms with Crippen LogP contribution in [0.4, 0.5) is 8.78 Å². The Morgan fingerprint density at radius 3 is 2.89 bits per heavy atom. The molecule has 1 unspecified atom stereocenters. The molecular weight excluding hydrogens is 361 g/mol. The minimum absolute atomic E-state index is 0.195. The van der Waals surface area contributed by atoms with Gasteiger partial charge in [-0.15, -0.1) is 0 Å². The zero-order valence-electron chi connectivity index (χ0n) is 10.8. The summed E-state index contributed by atoms with van der Waals surface area (Å²) >= 11 is 1.90. The van der Waals surface area contributed by atoms with Crippen molar-refractivity contribution in [3.05, 3.63) is 32.9 Å². The Morgan fingerprint density at radius 1 is 1.37 bits per heavy atom. The highest BCUT2D eigenvalue weighted by atomic mass is 127. The van der Waals surface area contributed by atoms with Crippen LogP contribution in [0.2, 0.25) is 0 Å². The molecule has 1 aliphatic heterocycles. The summed E-state index contributed by atoms with van der Waals surface area (Å²) in [5.41, 5.74) is 5.78. The predicted molar refractivity (Wildman–Crippen MR) is 80.7 cm³/mol. The Hall–Kier alpha value is -0.270. The van der Waals surface area contributed by atoms with Crippen LogP contribution in [0, 0.1) is 21.1 Å². The van der Waals surface area contributed by atoms with E-state index in [1.165, 1.54) is 18.6 Å². The van der Waals surface area contributed by atoms with Crippen molar-refractivity contribution >= 4 is 22.6 Å². The summed E-state index contributed by atoms with van der Waals surface area (Å²) in [6, 6.07) is 2.82. The summed E-state index contributed by atoms with van der Waals surface area (Å²) in [5, 5.41) is 0. The Balaban J connectivity index is 2.06. The van der Waals surface area contributed by atoms with Crippen LogP contribution in [-0.2, 0) is 6.54 Å². The van der Waals surface area contributed by atoms with E-state index in [1.807, 2.05) is 22.6 Å². The number of rotatable bonds is 4. The molecule has 0 aliphatic carbocycles. The molecule has 0 bridgehead atoms. The molecule has 1 atom stereocenters. The van der Waals surface area contributed by atoms with Crippen LogP contribution in [0.15, 0.2) is 12.1 Å². The maximum Gasteiger partial charge on any atom is 0.143 e. The number of nitrogens with two attached hydrogens (primary N) is 1. The van der Waals surface area contributed by atoms with Gasteiger partial charge in [-0.2, -0.15) is 0 Å². The van der Waals surface area contributed by atoms with Crippen molar-refractivity contribution in [1.82, 2.24) is 4.90 Å².